The molecule has 0 spiro atoms. The zero-order chi connectivity index (χ0) is 22.3. The van der Waals surface area contributed by atoms with E-state index in [1.165, 1.54) is 0 Å². The van der Waals surface area contributed by atoms with Crippen molar-refractivity contribution in [2.45, 2.75) is 59.8 Å². The Bertz CT molecular complexity index is 1090. The molecule has 1 N–H and O–H groups in total. The lowest BCUT2D eigenvalue weighted by molar-refractivity contribution is -0.0778. The van der Waals surface area contributed by atoms with Crippen LogP contribution in [0.4, 0.5) is 0 Å². The third-order valence-electron chi connectivity index (χ3n) is 5.81. The lowest BCUT2D eigenvalue weighted by atomic mass is 10.1. The van der Waals surface area contributed by atoms with E-state index >= 15 is 0 Å². The number of rotatable bonds is 5. The standard InChI is InChI=1S/C23H30N4O4/c1-12(27-10-14(3)29-15(4)11-27)9-24-22(28)19-8-20(18-7-13(2)30-17(18)6)25-23-21(19)16(5)26-31-23/h7-8,12,14-15H,9-11H2,1-6H3,(H,24,28). The van der Waals surface area contributed by atoms with E-state index in [9.17, 15) is 4.79 Å². The normalized spacial score (nSPS) is 20.8. The van der Waals surface area contributed by atoms with Crippen LogP contribution in [0.25, 0.3) is 22.4 Å². The minimum absolute atomic E-state index is 0.168. The predicted octanol–water partition coefficient (Wildman–Crippen LogP) is 3.64. The minimum Gasteiger partial charge on any atom is -0.466 e. The molecule has 0 radical (unpaired) electrons. The molecule has 31 heavy (non-hydrogen) atoms. The van der Waals surface area contributed by atoms with Gasteiger partial charge in [-0.2, -0.15) is 0 Å². The van der Waals surface area contributed by atoms with Gasteiger partial charge in [-0.05, 0) is 53.7 Å². The second-order valence-corrected chi connectivity index (χ2v) is 8.60. The maximum atomic E-state index is 13.2. The van der Waals surface area contributed by atoms with Crippen LogP contribution >= 0.6 is 0 Å². The minimum atomic E-state index is -0.168. The number of carbonyl (C=O) groups is 1. The van der Waals surface area contributed by atoms with Crippen molar-refractivity contribution in [3.63, 3.8) is 0 Å². The average molecular weight is 427 g/mol. The lowest BCUT2D eigenvalue weighted by Gasteiger charge is -2.39. The van der Waals surface area contributed by atoms with E-state index in [1.807, 2.05) is 26.8 Å². The van der Waals surface area contributed by atoms with E-state index in [2.05, 4.69) is 41.1 Å². The monoisotopic (exact) mass is 426 g/mol. The van der Waals surface area contributed by atoms with Crippen LogP contribution in [-0.2, 0) is 4.74 Å². The van der Waals surface area contributed by atoms with E-state index < -0.39 is 0 Å². The van der Waals surface area contributed by atoms with Gasteiger partial charge in [0.1, 0.15) is 11.5 Å². The van der Waals surface area contributed by atoms with E-state index in [0.29, 0.717) is 34.6 Å². The Labute approximate surface area is 181 Å². The van der Waals surface area contributed by atoms with Gasteiger partial charge in [0.25, 0.3) is 11.6 Å². The molecule has 1 fully saturated rings. The number of aryl methyl sites for hydroxylation is 3. The van der Waals surface area contributed by atoms with Gasteiger partial charge in [-0.25, -0.2) is 4.98 Å². The maximum Gasteiger partial charge on any atom is 0.259 e. The molecule has 1 aliphatic rings. The van der Waals surface area contributed by atoms with Crippen molar-refractivity contribution in [1.82, 2.24) is 20.4 Å². The van der Waals surface area contributed by atoms with E-state index in [1.54, 1.807) is 6.07 Å². The van der Waals surface area contributed by atoms with Crippen molar-refractivity contribution in [2.24, 2.45) is 0 Å². The second kappa shape index (κ2) is 8.43. The highest BCUT2D eigenvalue weighted by Crippen LogP contribution is 2.30. The molecule has 3 aromatic rings. The van der Waals surface area contributed by atoms with Gasteiger partial charge in [0, 0.05) is 31.2 Å². The summed E-state index contributed by atoms with van der Waals surface area (Å²) >= 11 is 0. The van der Waals surface area contributed by atoms with Crippen molar-refractivity contribution in [2.75, 3.05) is 19.6 Å². The van der Waals surface area contributed by atoms with Gasteiger partial charge in [0.15, 0.2) is 0 Å². The number of nitrogens with zero attached hydrogens (tertiary/aromatic N) is 3. The SMILES string of the molecule is Cc1cc(-c2cc(C(=O)NCC(C)N3CC(C)OC(C)C3)c3c(C)noc3n2)c(C)o1. The first kappa shape index (κ1) is 21.5. The average Bonchev–Trinajstić information content (AvgIpc) is 3.25. The number of pyridine rings is 1. The molecule has 8 nitrogen and oxygen atoms in total. The molecule has 1 amide bonds. The molecule has 3 aromatic heterocycles. The Morgan fingerprint density at radius 3 is 2.58 bits per heavy atom. The van der Waals surface area contributed by atoms with Gasteiger partial charge in [-0.15, -0.1) is 0 Å². The van der Waals surface area contributed by atoms with Crippen molar-refractivity contribution in [1.29, 1.82) is 0 Å². The summed E-state index contributed by atoms with van der Waals surface area (Å²) in [4.78, 5) is 20.2. The van der Waals surface area contributed by atoms with Crippen LogP contribution in [0.3, 0.4) is 0 Å². The molecule has 4 rings (SSSR count). The number of nitrogens with one attached hydrogen (secondary N) is 1. The fourth-order valence-electron chi connectivity index (χ4n) is 4.34. The summed E-state index contributed by atoms with van der Waals surface area (Å²) in [5.41, 5.74) is 2.97. The summed E-state index contributed by atoms with van der Waals surface area (Å²) in [6.45, 7) is 14.1. The van der Waals surface area contributed by atoms with E-state index in [4.69, 9.17) is 13.7 Å². The third-order valence-corrected chi connectivity index (χ3v) is 5.81. The number of furan rings is 1. The van der Waals surface area contributed by atoms with Crippen LogP contribution in [0, 0.1) is 20.8 Å². The van der Waals surface area contributed by atoms with Crippen molar-refractivity contribution < 1.29 is 18.5 Å². The first-order valence-corrected chi connectivity index (χ1v) is 10.7. The second-order valence-electron chi connectivity index (χ2n) is 8.60. The molecule has 1 saturated heterocycles. The Hall–Kier alpha value is -2.71. The third kappa shape index (κ3) is 4.36. The molecule has 8 heteroatoms. The maximum absolute atomic E-state index is 13.2. The summed E-state index contributed by atoms with van der Waals surface area (Å²) in [5, 5.41) is 7.75. The first-order chi connectivity index (χ1) is 14.7. The number of carbonyl (C=O) groups excluding carboxylic acids is 1. The quantitative estimate of drug-likeness (QED) is 0.666. The molecular formula is C23H30N4O4. The number of hydrogen-bond donors (Lipinski definition) is 1. The lowest BCUT2D eigenvalue weighted by Crippen LogP contribution is -2.52. The molecule has 0 aliphatic carbocycles. The molecule has 3 unspecified atom stereocenters. The topological polar surface area (TPSA) is 93.6 Å². The first-order valence-electron chi connectivity index (χ1n) is 10.7. The molecule has 1 aliphatic heterocycles. The van der Waals surface area contributed by atoms with Crippen LogP contribution in [0.2, 0.25) is 0 Å². The van der Waals surface area contributed by atoms with Crippen LogP contribution in [0.5, 0.6) is 0 Å². The fourth-order valence-corrected chi connectivity index (χ4v) is 4.34. The Balaban J connectivity index is 1.58. The summed E-state index contributed by atoms with van der Waals surface area (Å²) in [7, 11) is 0. The number of ether oxygens (including phenoxy) is 1. The highest BCUT2D eigenvalue weighted by Gasteiger charge is 2.27. The van der Waals surface area contributed by atoms with Gasteiger partial charge in [-0.3, -0.25) is 9.69 Å². The molecule has 4 heterocycles. The number of fused-ring (bicyclic) bond motifs is 1. The zero-order valence-electron chi connectivity index (χ0n) is 19.0. The van der Waals surface area contributed by atoms with Crippen LogP contribution in [0.15, 0.2) is 21.1 Å². The summed E-state index contributed by atoms with van der Waals surface area (Å²) < 4.78 is 16.9. The fraction of sp³-hybridized carbons (Fsp3) is 0.522. The molecule has 0 aromatic carbocycles. The van der Waals surface area contributed by atoms with Crippen molar-refractivity contribution >= 4 is 17.0 Å². The largest absolute Gasteiger partial charge is 0.466 e. The van der Waals surface area contributed by atoms with Crippen LogP contribution in [-0.4, -0.2) is 58.8 Å². The number of morpholine rings is 1. The molecule has 166 valence electrons. The number of hydrogen-bond acceptors (Lipinski definition) is 7. The highest BCUT2D eigenvalue weighted by molar-refractivity contribution is 6.07. The van der Waals surface area contributed by atoms with E-state index in [0.717, 1.165) is 30.2 Å². The van der Waals surface area contributed by atoms with Gasteiger partial charge in [0.2, 0.25) is 0 Å². The zero-order valence-corrected chi connectivity index (χ0v) is 19.0. The summed E-state index contributed by atoms with van der Waals surface area (Å²) in [6, 6.07) is 3.90. The van der Waals surface area contributed by atoms with Crippen molar-refractivity contribution in [3.05, 3.63) is 34.9 Å². The van der Waals surface area contributed by atoms with Crippen molar-refractivity contribution in [3.8, 4) is 11.3 Å². The van der Waals surface area contributed by atoms with Gasteiger partial charge >= 0.3 is 0 Å². The van der Waals surface area contributed by atoms with Crippen LogP contribution < -0.4 is 5.32 Å². The molecule has 3 atom stereocenters. The number of amides is 1. The number of aromatic nitrogens is 2. The molecule has 0 bridgehead atoms. The summed E-state index contributed by atoms with van der Waals surface area (Å²) in [5.74, 6) is 1.37. The summed E-state index contributed by atoms with van der Waals surface area (Å²) in [6.07, 6.45) is 0.371. The highest BCUT2D eigenvalue weighted by atomic mass is 16.5. The Morgan fingerprint density at radius 2 is 1.94 bits per heavy atom. The molecule has 0 saturated carbocycles. The van der Waals surface area contributed by atoms with Gasteiger partial charge in [-0.1, -0.05) is 5.16 Å². The van der Waals surface area contributed by atoms with Gasteiger partial charge < -0.3 is 19.0 Å². The smallest absolute Gasteiger partial charge is 0.259 e. The predicted molar refractivity (Wildman–Crippen MR) is 117 cm³/mol. The Morgan fingerprint density at radius 1 is 1.23 bits per heavy atom. The van der Waals surface area contributed by atoms with E-state index in [-0.39, 0.29) is 24.2 Å². The Kier molecular flexibility index (Phi) is 5.85. The van der Waals surface area contributed by atoms with Gasteiger partial charge in [0.05, 0.1) is 34.5 Å². The molecular weight excluding hydrogens is 396 g/mol. The van der Waals surface area contributed by atoms with Crippen LogP contribution in [0.1, 0.15) is 48.3 Å².